The van der Waals surface area contributed by atoms with Gasteiger partial charge in [-0.2, -0.15) is 0 Å². The number of carbonyl (C=O) groups is 1. The molecule has 0 aliphatic carbocycles. The fourth-order valence-corrected chi connectivity index (χ4v) is 2.58. The molecule has 0 saturated heterocycles. The molecule has 114 valence electrons. The normalized spacial score (nSPS) is 11.7. The van der Waals surface area contributed by atoms with E-state index in [1.54, 1.807) is 24.3 Å². The summed E-state index contributed by atoms with van der Waals surface area (Å²) in [5, 5.41) is 6.91. The summed E-state index contributed by atoms with van der Waals surface area (Å²) < 4.78 is 0. The summed E-state index contributed by atoms with van der Waals surface area (Å²) >= 11 is 11.9. The van der Waals surface area contributed by atoms with E-state index in [1.165, 1.54) is 0 Å². The Bertz CT molecular complexity index is 639. The van der Waals surface area contributed by atoms with Crippen LogP contribution in [0.1, 0.15) is 11.6 Å². The Labute approximate surface area is 139 Å². The Kier molecular flexibility index (Phi) is 6.01. The zero-order valence-electron chi connectivity index (χ0n) is 11.9. The largest absolute Gasteiger partial charge is 0.324 e. The number of hydrogen-bond donors (Lipinski definition) is 2. The van der Waals surface area contributed by atoms with Gasteiger partial charge in [-0.1, -0.05) is 59.6 Å². The van der Waals surface area contributed by atoms with Crippen molar-refractivity contribution in [2.45, 2.75) is 6.04 Å². The molecule has 0 unspecified atom stereocenters. The summed E-state index contributed by atoms with van der Waals surface area (Å²) in [7, 11) is 0. The molecule has 0 saturated carbocycles. The van der Waals surface area contributed by atoms with E-state index < -0.39 is 6.04 Å². The van der Waals surface area contributed by atoms with E-state index in [9.17, 15) is 4.79 Å². The molecule has 3 nitrogen and oxygen atoms in total. The first-order valence-corrected chi connectivity index (χ1v) is 7.52. The molecule has 1 amide bonds. The van der Waals surface area contributed by atoms with Crippen molar-refractivity contribution >= 4 is 34.8 Å². The van der Waals surface area contributed by atoms with E-state index in [0.717, 1.165) is 5.56 Å². The van der Waals surface area contributed by atoms with Gasteiger partial charge in [-0.15, -0.1) is 6.58 Å². The van der Waals surface area contributed by atoms with Gasteiger partial charge in [0.05, 0.1) is 0 Å². The highest BCUT2D eigenvalue weighted by molar-refractivity contribution is 6.35. The quantitative estimate of drug-likeness (QED) is 0.766. The van der Waals surface area contributed by atoms with E-state index >= 15 is 0 Å². The van der Waals surface area contributed by atoms with Crippen molar-refractivity contribution in [1.29, 1.82) is 0 Å². The average Bonchev–Trinajstić information content (AvgIpc) is 2.47. The molecule has 0 radical (unpaired) electrons. The van der Waals surface area contributed by atoms with Crippen LogP contribution in [0.4, 0.5) is 5.69 Å². The monoisotopic (exact) mass is 334 g/mol. The smallest absolute Gasteiger partial charge is 0.246 e. The van der Waals surface area contributed by atoms with Crippen LogP contribution in [-0.2, 0) is 4.79 Å². The summed E-state index contributed by atoms with van der Waals surface area (Å²) in [6.07, 6.45) is 1.71. The molecule has 22 heavy (non-hydrogen) atoms. The highest BCUT2D eigenvalue weighted by Crippen LogP contribution is 2.23. The van der Waals surface area contributed by atoms with Crippen LogP contribution >= 0.6 is 23.2 Å². The third-order valence-electron chi connectivity index (χ3n) is 2.99. The van der Waals surface area contributed by atoms with Gasteiger partial charge in [0.1, 0.15) is 6.04 Å². The molecule has 2 aromatic rings. The molecule has 0 aromatic heterocycles. The zero-order chi connectivity index (χ0) is 15.9. The van der Waals surface area contributed by atoms with Crippen LogP contribution in [0.3, 0.4) is 0 Å². The minimum absolute atomic E-state index is 0.189. The van der Waals surface area contributed by atoms with Crippen LogP contribution < -0.4 is 10.6 Å². The number of anilines is 1. The molecule has 0 bridgehead atoms. The van der Waals surface area contributed by atoms with Crippen LogP contribution in [0, 0.1) is 0 Å². The van der Waals surface area contributed by atoms with Crippen molar-refractivity contribution in [1.82, 2.24) is 5.32 Å². The number of carbonyl (C=O) groups excluding carboxylic acids is 1. The van der Waals surface area contributed by atoms with Crippen molar-refractivity contribution in [2.24, 2.45) is 0 Å². The highest BCUT2D eigenvalue weighted by atomic mass is 35.5. The average molecular weight is 335 g/mol. The molecule has 0 fully saturated rings. The van der Waals surface area contributed by atoms with Crippen LogP contribution in [0.25, 0.3) is 0 Å². The molecule has 2 N–H and O–H groups in total. The van der Waals surface area contributed by atoms with E-state index in [2.05, 4.69) is 17.2 Å². The van der Waals surface area contributed by atoms with Gasteiger partial charge < -0.3 is 5.32 Å². The number of benzene rings is 2. The molecule has 2 aromatic carbocycles. The van der Waals surface area contributed by atoms with E-state index in [-0.39, 0.29) is 5.91 Å². The first kappa shape index (κ1) is 16.6. The third kappa shape index (κ3) is 4.60. The third-order valence-corrected chi connectivity index (χ3v) is 3.43. The van der Waals surface area contributed by atoms with Crippen LogP contribution in [0.15, 0.2) is 61.2 Å². The first-order chi connectivity index (χ1) is 10.6. The molecule has 0 aliphatic rings. The van der Waals surface area contributed by atoms with Crippen LogP contribution in [0.5, 0.6) is 0 Å². The molecule has 5 heteroatoms. The predicted molar refractivity (Wildman–Crippen MR) is 92.5 cm³/mol. The number of amides is 1. The summed E-state index contributed by atoms with van der Waals surface area (Å²) in [6, 6.07) is 13.9. The lowest BCUT2D eigenvalue weighted by molar-refractivity contribution is -0.118. The molecular formula is C17H16Cl2N2O. The molecule has 1 atom stereocenters. The lowest BCUT2D eigenvalue weighted by atomic mass is 10.1. The molecule has 2 rings (SSSR count). The summed E-state index contributed by atoms with van der Waals surface area (Å²) in [6.45, 7) is 4.18. The van der Waals surface area contributed by atoms with Crippen molar-refractivity contribution in [2.75, 3.05) is 11.9 Å². The Hall–Kier alpha value is -1.81. The number of hydrogen-bond acceptors (Lipinski definition) is 2. The van der Waals surface area contributed by atoms with Crippen LogP contribution in [0.2, 0.25) is 10.0 Å². The second-order valence-corrected chi connectivity index (χ2v) is 5.56. The van der Waals surface area contributed by atoms with E-state index in [4.69, 9.17) is 23.2 Å². The van der Waals surface area contributed by atoms with Gasteiger partial charge in [0.25, 0.3) is 0 Å². The van der Waals surface area contributed by atoms with Gasteiger partial charge in [0.2, 0.25) is 5.91 Å². The van der Waals surface area contributed by atoms with Gasteiger partial charge in [0.15, 0.2) is 0 Å². The van der Waals surface area contributed by atoms with Crippen LogP contribution in [-0.4, -0.2) is 12.5 Å². The number of nitrogens with one attached hydrogen (secondary N) is 2. The maximum Gasteiger partial charge on any atom is 0.246 e. The standard InChI is InChI=1S/C17H16Cl2N2O/c1-2-8-20-16(12-6-4-3-5-7-12)17(22)21-15-10-13(18)9-14(19)11-15/h2-7,9-11,16,20H,1,8H2,(H,21,22)/t16-/m0/s1. The lowest BCUT2D eigenvalue weighted by Gasteiger charge is -2.18. The zero-order valence-corrected chi connectivity index (χ0v) is 13.4. The lowest BCUT2D eigenvalue weighted by Crippen LogP contribution is -2.33. The van der Waals surface area contributed by atoms with Gasteiger partial charge in [-0.05, 0) is 23.8 Å². The Morgan fingerprint density at radius 1 is 1.14 bits per heavy atom. The van der Waals surface area contributed by atoms with Crippen molar-refractivity contribution in [3.63, 3.8) is 0 Å². The topological polar surface area (TPSA) is 41.1 Å². The van der Waals surface area contributed by atoms with Gasteiger partial charge in [0, 0.05) is 22.3 Å². The highest BCUT2D eigenvalue weighted by Gasteiger charge is 2.19. The maximum absolute atomic E-state index is 12.5. The van der Waals surface area contributed by atoms with Gasteiger partial charge >= 0.3 is 0 Å². The SMILES string of the molecule is C=CCN[C@H](C(=O)Nc1cc(Cl)cc(Cl)c1)c1ccccc1. The molecule has 0 heterocycles. The summed E-state index contributed by atoms with van der Waals surface area (Å²) in [5.41, 5.74) is 1.43. The molecule has 0 aliphatic heterocycles. The molecule has 0 spiro atoms. The Balaban J connectivity index is 2.20. The van der Waals surface area contributed by atoms with E-state index in [1.807, 2.05) is 30.3 Å². The summed E-state index contributed by atoms with van der Waals surface area (Å²) in [4.78, 5) is 12.5. The first-order valence-electron chi connectivity index (χ1n) is 6.76. The van der Waals surface area contributed by atoms with Crippen molar-refractivity contribution in [3.8, 4) is 0 Å². The van der Waals surface area contributed by atoms with E-state index in [0.29, 0.717) is 22.3 Å². The number of rotatable bonds is 6. The van der Waals surface area contributed by atoms with Crippen molar-refractivity contribution < 1.29 is 4.79 Å². The Morgan fingerprint density at radius 3 is 2.36 bits per heavy atom. The van der Waals surface area contributed by atoms with Crippen molar-refractivity contribution in [3.05, 3.63) is 76.8 Å². The van der Waals surface area contributed by atoms with Gasteiger partial charge in [-0.3, -0.25) is 10.1 Å². The maximum atomic E-state index is 12.5. The minimum atomic E-state index is -0.489. The fraction of sp³-hybridized carbons (Fsp3) is 0.118. The fourth-order valence-electron chi connectivity index (χ4n) is 2.05. The molecular weight excluding hydrogens is 319 g/mol. The summed E-state index contributed by atoms with van der Waals surface area (Å²) in [5.74, 6) is -0.189. The predicted octanol–water partition coefficient (Wildman–Crippen LogP) is 4.45. The Morgan fingerprint density at radius 2 is 1.77 bits per heavy atom. The second kappa shape index (κ2) is 7.99. The second-order valence-electron chi connectivity index (χ2n) is 4.69. The number of halogens is 2. The minimum Gasteiger partial charge on any atom is -0.324 e. The van der Waals surface area contributed by atoms with Gasteiger partial charge in [-0.25, -0.2) is 0 Å².